The monoisotopic (exact) mass is 847 g/mol. The fourth-order valence-electron chi connectivity index (χ4n) is 9.54. The maximum Gasteiger partial charge on any atom is 0.306 e. The van der Waals surface area contributed by atoms with E-state index in [9.17, 15) is 9.59 Å². The average Bonchev–Trinajstić information content (AvgIpc) is 3.24. The highest BCUT2D eigenvalue weighted by Crippen LogP contribution is 2.35. The summed E-state index contributed by atoms with van der Waals surface area (Å²) in [6.45, 7) is 13.7. The predicted octanol–water partition coefficient (Wildman–Crippen LogP) is 19.6. The van der Waals surface area contributed by atoms with Crippen molar-refractivity contribution in [3.05, 3.63) is 0 Å². The Kier molecular flexibility index (Phi) is 43.8. The number of hydrogen-bond acceptors (Lipinski definition) is 4. The molecule has 4 nitrogen and oxygen atoms in total. The topological polar surface area (TPSA) is 52.6 Å². The van der Waals surface area contributed by atoms with Gasteiger partial charge in [0.1, 0.15) is 11.2 Å². The fraction of sp³-hybridized carbons (Fsp3) is 0.964. The van der Waals surface area contributed by atoms with Gasteiger partial charge in [0.05, 0.1) is 0 Å². The smallest absolute Gasteiger partial charge is 0.306 e. The first kappa shape index (κ1) is 58.9. The van der Waals surface area contributed by atoms with Crippen LogP contribution in [0.1, 0.15) is 337 Å². The van der Waals surface area contributed by atoms with E-state index in [0.717, 1.165) is 77.0 Å². The number of ether oxygens (including phenoxy) is 2. The molecule has 60 heavy (non-hydrogen) atoms. The summed E-state index contributed by atoms with van der Waals surface area (Å²) >= 11 is 0. The van der Waals surface area contributed by atoms with Gasteiger partial charge in [-0.25, -0.2) is 0 Å². The largest absolute Gasteiger partial charge is 0.459 e. The predicted molar refractivity (Wildman–Crippen MR) is 264 cm³/mol. The third-order valence-electron chi connectivity index (χ3n) is 13.6. The van der Waals surface area contributed by atoms with Crippen LogP contribution in [-0.2, 0) is 19.1 Å². The molecule has 0 rings (SSSR count). The van der Waals surface area contributed by atoms with Gasteiger partial charge >= 0.3 is 11.9 Å². The molecule has 0 amide bonds. The maximum absolute atomic E-state index is 13.7. The van der Waals surface area contributed by atoms with Crippen LogP contribution < -0.4 is 0 Å². The molecule has 0 fully saturated rings. The van der Waals surface area contributed by atoms with Crippen molar-refractivity contribution in [1.29, 1.82) is 0 Å². The van der Waals surface area contributed by atoms with E-state index in [-0.39, 0.29) is 23.1 Å². The number of carbonyl (C=O) groups excluding carboxylic acids is 2. The second-order valence-electron chi connectivity index (χ2n) is 19.6. The van der Waals surface area contributed by atoms with E-state index in [1.54, 1.807) is 0 Å². The molecule has 0 radical (unpaired) electrons. The Hall–Kier alpha value is -1.06. The van der Waals surface area contributed by atoms with Gasteiger partial charge in [-0.05, 0) is 89.9 Å². The summed E-state index contributed by atoms with van der Waals surface area (Å²) in [6.07, 6.45) is 54.0. The molecule has 0 aromatic heterocycles. The molecule has 0 N–H and O–H groups in total. The molecule has 0 saturated carbocycles. The molecule has 0 unspecified atom stereocenters. The average molecular weight is 847 g/mol. The van der Waals surface area contributed by atoms with E-state index in [4.69, 9.17) is 9.47 Å². The molecule has 0 aromatic rings. The Balaban J connectivity index is 5.60. The van der Waals surface area contributed by atoms with Crippen molar-refractivity contribution in [2.24, 2.45) is 0 Å². The Morgan fingerprint density at radius 1 is 0.250 bits per heavy atom. The molecule has 4 heteroatoms. The van der Waals surface area contributed by atoms with Gasteiger partial charge in [-0.15, -0.1) is 0 Å². The van der Waals surface area contributed by atoms with Crippen molar-refractivity contribution >= 4 is 11.9 Å². The summed E-state index contributed by atoms with van der Waals surface area (Å²) in [7, 11) is 0. The van der Waals surface area contributed by atoms with Gasteiger partial charge in [-0.1, -0.05) is 234 Å². The van der Waals surface area contributed by atoms with Crippen LogP contribution in [0.2, 0.25) is 0 Å². The highest BCUT2D eigenvalue weighted by atomic mass is 16.6. The van der Waals surface area contributed by atoms with Crippen LogP contribution in [0, 0.1) is 0 Å². The van der Waals surface area contributed by atoms with E-state index in [1.807, 2.05) is 0 Å². The van der Waals surface area contributed by atoms with Gasteiger partial charge in [0.2, 0.25) is 0 Å². The van der Waals surface area contributed by atoms with Gasteiger partial charge in [-0.3, -0.25) is 9.59 Å². The van der Waals surface area contributed by atoms with Crippen molar-refractivity contribution in [3.8, 4) is 0 Å². The molecule has 0 aliphatic rings. The number of esters is 2. The second-order valence-corrected chi connectivity index (χ2v) is 19.6. The maximum atomic E-state index is 13.7. The number of rotatable bonds is 49. The van der Waals surface area contributed by atoms with Crippen molar-refractivity contribution in [3.63, 3.8) is 0 Å². The fourth-order valence-corrected chi connectivity index (χ4v) is 9.54. The Morgan fingerprint density at radius 2 is 0.417 bits per heavy atom. The minimum absolute atomic E-state index is 0.0340. The molecule has 358 valence electrons. The normalized spacial score (nSPS) is 12.0. The first-order chi connectivity index (χ1) is 29.4. The van der Waals surface area contributed by atoms with Gasteiger partial charge in [0.25, 0.3) is 0 Å². The molecule has 0 aliphatic carbocycles. The van der Waals surface area contributed by atoms with Crippen LogP contribution in [0.5, 0.6) is 0 Å². The third kappa shape index (κ3) is 36.4. The summed E-state index contributed by atoms with van der Waals surface area (Å²) in [5.74, 6) is -0.0681. The summed E-state index contributed by atoms with van der Waals surface area (Å²) < 4.78 is 13.4. The standard InChI is InChI=1S/C56H110O4/c1-7-13-19-25-27-29-35-43-51-55(47-39-31-21-15-9-3,48-40-32-22-16-10-4)59-53(57)45-37-38-46-54(58)60-56(49-41-33-23-17-11-5,50-42-34-24-18-12-6)52-44-36-30-28-26-20-14-8-2/h7-52H2,1-6H3. The van der Waals surface area contributed by atoms with Crippen molar-refractivity contribution in [2.45, 2.75) is 348 Å². The quantitative estimate of drug-likeness (QED) is 0.0452. The number of unbranched alkanes of at least 4 members (excludes halogenated alkanes) is 31. The van der Waals surface area contributed by atoms with Crippen molar-refractivity contribution in [1.82, 2.24) is 0 Å². The lowest BCUT2D eigenvalue weighted by molar-refractivity contribution is -0.165. The molecule has 0 aliphatic heterocycles. The van der Waals surface area contributed by atoms with Crippen LogP contribution in [0.15, 0.2) is 0 Å². The van der Waals surface area contributed by atoms with Crippen LogP contribution in [0.3, 0.4) is 0 Å². The first-order valence-corrected chi connectivity index (χ1v) is 27.8. The lowest BCUT2D eigenvalue weighted by Crippen LogP contribution is -2.36. The number of carbonyl (C=O) groups is 2. The van der Waals surface area contributed by atoms with Gasteiger partial charge < -0.3 is 9.47 Å². The Labute approximate surface area is 377 Å². The van der Waals surface area contributed by atoms with Gasteiger partial charge in [0, 0.05) is 12.8 Å². The lowest BCUT2D eigenvalue weighted by Gasteiger charge is -2.35. The molecule has 0 heterocycles. The molecule has 0 atom stereocenters. The van der Waals surface area contributed by atoms with E-state index in [1.165, 1.54) is 193 Å². The highest BCUT2D eigenvalue weighted by Gasteiger charge is 2.34. The van der Waals surface area contributed by atoms with Crippen LogP contribution in [0.25, 0.3) is 0 Å². The highest BCUT2D eigenvalue weighted by molar-refractivity contribution is 5.71. The third-order valence-corrected chi connectivity index (χ3v) is 13.6. The van der Waals surface area contributed by atoms with Crippen LogP contribution in [-0.4, -0.2) is 23.1 Å². The summed E-state index contributed by atoms with van der Waals surface area (Å²) in [4.78, 5) is 27.5. The zero-order valence-electron chi connectivity index (χ0n) is 42.2. The Bertz CT molecular complexity index is 798. The summed E-state index contributed by atoms with van der Waals surface area (Å²) in [5, 5.41) is 0. The van der Waals surface area contributed by atoms with Crippen LogP contribution in [0.4, 0.5) is 0 Å². The minimum Gasteiger partial charge on any atom is -0.459 e. The Morgan fingerprint density at radius 3 is 0.600 bits per heavy atom. The lowest BCUT2D eigenvalue weighted by atomic mass is 9.84. The van der Waals surface area contributed by atoms with Crippen molar-refractivity contribution in [2.75, 3.05) is 0 Å². The summed E-state index contributed by atoms with van der Waals surface area (Å²) in [6, 6.07) is 0. The molecule has 0 saturated heterocycles. The van der Waals surface area contributed by atoms with E-state index < -0.39 is 0 Å². The SMILES string of the molecule is CCCCCCCCCCC(CCCCCCC)(CCCCCCC)OC(=O)CCCCC(=O)OC(CCCCCCC)(CCCCCCC)CCCCCCCCCC. The van der Waals surface area contributed by atoms with Crippen molar-refractivity contribution < 1.29 is 19.1 Å². The molecular formula is C56H110O4. The number of hydrogen-bond donors (Lipinski definition) is 0. The van der Waals surface area contributed by atoms with E-state index in [0.29, 0.717) is 25.7 Å². The molecule has 0 aromatic carbocycles. The second kappa shape index (κ2) is 44.5. The van der Waals surface area contributed by atoms with E-state index in [2.05, 4.69) is 41.5 Å². The first-order valence-electron chi connectivity index (χ1n) is 27.8. The zero-order chi connectivity index (χ0) is 44.1. The summed E-state index contributed by atoms with van der Waals surface area (Å²) in [5.41, 5.74) is -0.639. The zero-order valence-corrected chi connectivity index (χ0v) is 42.2. The molecule has 0 bridgehead atoms. The van der Waals surface area contributed by atoms with Gasteiger partial charge in [0.15, 0.2) is 0 Å². The van der Waals surface area contributed by atoms with E-state index >= 15 is 0 Å². The molecular weight excluding hydrogens is 737 g/mol. The minimum atomic E-state index is -0.319. The molecule has 0 spiro atoms. The van der Waals surface area contributed by atoms with Crippen LogP contribution >= 0.6 is 0 Å². The van der Waals surface area contributed by atoms with Gasteiger partial charge in [-0.2, -0.15) is 0 Å².